The molecular weight excluding hydrogens is 314 g/mol. The lowest BCUT2D eigenvalue weighted by Crippen LogP contribution is -2.24. The molecule has 0 amide bonds. The van der Waals surface area contributed by atoms with Gasteiger partial charge < -0.3 is 0 Å². The van der Waals surface area contributed by atoms with Crippen LogP contribution in [0.3, 0.4) is 0 Å². The van der Waals surface area contributed by atoms with Crippen molar-refractivity contribution in [1.82, 2.24) is 19.7 Å². The van der Waals surface area contributed by atoms with Gasteiger partial charge in [0.05, 0.1) is 41.7 Å². The zero-order chi connectivity index (χ0) is 17.0. The van der Waals surface area contributed by atoms with E-state index in [9.17, 15) is 10.1 Å². The second kappa shape index (κ2) is 5.35. The van der Waals surface area contributed by atoms with Crippen LogP contribution in [0.2, 0.25) is 0 Å². The smallest absolute Gasteiger partial charge is 0.212 e. The zero-order valence-electron chi connectivity index (χ0n) is 13.8. The molecule has 1 unspecified atom stereocenters. The summed E-state index contributed by atoms with van der Waals surface area (Å²) in [5.74, 6) is 0.408. The molecule has 6 heteroatoms. The Kier molecular flexibility index (Phi) is 3.11. The Labute approximate surface area is 145 Å². The predicted molar refractivity (Wildman–Crippen MR) is 90.5 cm³/mol. The van der Waals surface area contributed by atoms with Gasteiger partial charge in [0.1, 0.15) is 12.0 Å². The first kappa shape index (κ1) is 14.5. The number of carbonyl (C=O) groups is 1. The molecule has 1 fully saturated rings. The van der Waals surface area contributed by atoms with Crippen LogP contribution in [0, 0.1) is 17.2 Å². The standard InChI is InChI=1S/C19H17N5O/c20-8-7-15(11-3-1-2-4-11)24-18-13(9-23-24)17-16-12(19(18)25)5-6-14(16)21-10-22-17/h5,9-11,15H,1-4,6-7H2. The highest BCUT2D eigenvalue weighted by Crippen LogP contribution is 2.44. The van der Waals surface area contributed by atoms with E-state index >= 15 is 0 Å². The van der Waals surface area contributed by atoms with E-state index in [1.807, 2.05) is 10.8 Å². The monoisotopic (exact) mass is 331 g/mol. The van der Waals surface area contributed by atoms with Gasteiger partial charge >= 0.3 is 0 Å². The minimum absolute atomic E-state index is 0.00510. The molecule has 0 aromatic carbocycles. The van der Waals surface area contributed by atoms with Gasteiger partial charge in [0.2, 0.25) is 5.78 Å². The molecule has 0 spiro atoms. The lowest BCUT2D eigenvalue weighted by molar-refractivity contribution is 0.104. The van der Waals surface area contributed by atoms with Gasteiger partial charge in [-0.3, -0.25) is 9.48 Å². The van der Waals surface area contributed by atoms with E-state index in [0.717, 1.165) is 35.4 Å². The van der Waals surface area contributed by atoms with Crippen LogP contribution in [0.25, 0.3) is 16.8 Å². The van der Waals surface area contributed by atoms with E-state index in [-0.39, 0.29) is 11.8 Å². The Morgan fingerprint density at radius 1 is 1.32 bits per heavy atom. The molecule has 2 aromatic heterocycles. The van der Waals surface area contributed by atoms with E-state index in [1.54, 1.807) is 12.5 Å². The van der Waals surface area contributed by atoms with Crippen molar-refractivity contribution in [2.45, 2.75) is 44.6 Å². The Balaban J connectivity index is 1.69. The summed E-state index contributed by atoms with van der Waals surface area (Å²) in [6.45, 7) is 0. The maximum Gasteiger partial charge on any atom is 0.212 e. The van der Waals surface area contributed by atoms with Crippen LogP contribution in [-0.4, -0.2) is 25.5 Å². The Morgan fingerprint density at radius 3 is 2.96 bits per heavy atom. The van der Waals surface area contributed by atoms with E-state index in [1.165, 1.54) is 12.8 Å². The van der Waals surface area contributed by atoms with Crippen LogP contribution in [0.1, 0.15) is 59.9 Å². The van der Waals surface area contributed by atoms with Crippen LogP contribution in [0.4, 0.5) is 0 Å². The number of ketones is 1. The van der Waals surface area contributed by atoms with E-state index in [2.05, 4.69) is 21.1 Å². The summed E-state index contributed by atoms with van der Waals surface area (Å²) in [7, 11) is 0. The summed E-state index contributed by atoms with van der Waals surface area (Å²) >= 11 is 0. The number of Topliss-reactive ketones (excluding diaryl/α,β-unsaturated/α-hetero) is 1. The van der Waals surface area contributed by atoms with Gasteiger partial charge in [-0.25, -0.2) is 9.97 Å². The van der Waals surface area contributed by atoms with E-state index in [0.29, 0.717) is 30.0 Å². The van der Waals surface area contributed by atoms with Crippen molar-refractivity contribution in [3.63, 3.8) is 0 Å². The summed E-state index contributed by atoms with van der Waals surface area (Å²) < 4.78 is 1.82. The lowest BCUT2D eigenvalue weighted by Gasteiger charge is -2.25. The van der Waals surface area contributed by atoms with Crippen molar-refractivity contribution in [1.29, 1.82) is 5.26 Å². The van der Waals surface area contributed by atoms with Crippen molar-refractivity contribution in [2.24, 2.45) is 5.92 Å². The summed E-state index contributed by atoms with van der Waals surface area (Å²) in [5.41, 5.74) is 4.66. The number of nitrogens with zero attached hydrogens (tertiary/aromatic N) is 5. The maximum absolute atomic E-state index is 13.2. The number of aromatic nitrogens is 4. The normalized spacial score (nSPS) is 19.3. The Hall–Kier alpha value is -2.81. The minimum atomic E-state index is -0.0370. The highest BCUT2D eigenvalue weighted by molar-refractivity contribution is 6.34. The molecule has 1 saturated carbocycles. The SMILES string of the molecule is N#CCC(C1CCCC1)n1ncc2c1C(=O)C1=CCc3ncnc-2c31. The first-order valence-electron chi connectivity index (χ1n) is 8.83. The average Bonchev–Trinajstić information content (AvgIpc) is 3.37. The van der Waals surface area contributed by atoms with Crippen molar-refractivity contribution in [3.8, 4) is 17.3 Å². The number of hydrogen-bond donors (Lipinski definition) is 0. The molecule has 0 N–H and O–H groups in total. The molecule has 25 heavy (non-hydrogen) atoms. The van der Waals surface area contributed by atoms with Gasteiger partial charge in [-0.05, 0) is 18.8 Å². The van der Waals surface area contributed by atoms with Crippen LogP contribution in [0.5, 0.6) is 0 Å². The highest BCUT2D eigenvalue weighted by atomic mass is 16.1. The van der Waals surface area contributed by atoms with Crippen LogP contribution >= 0.6 is 0 Å². The third-order valence-electron chi connectivity index (χ3n) is 5.76. The summed E-state index contributed by atoms with van der Waals surface area (Å²) in [6, 6.07) is 2.26. The van der Waals surface area contributed by atoms with Gasteiger partial charge in [0, 0.05) is 17.6 Å². The Bertz CT molecular complexity index is 959. The highest BCUT2D eigenvalue weighted by Gasteiger charge is 2.39. The van der Waals surface area contributed by atoms with Crippen LogP contribution < -0.4 is 0 Å². The van der Waals surface area contributed by atoms with Gasteiger partial charge in [0.25, 0.3) is 0 Å². The maximum atomic E-state index is 13.2. The number of nitriles is 1. The lowest BCUT2D eigenvalue weighted by atomic mass is 9.89. The van der Waals surface area contributed by atoms with Crippen molar-refractivity contribution in [3.05, 3.63) is 35.6 Å². The van der Waals surface area contributed by atoms with Crippen LogP contribution in [0.15, 0.2) is 18.6 Å². The van der Waals surface area contributed by atoms with Crippen LogP contribution in [-0.2, 0) is 6.42 Å². The van der Waals surface area contributed by atoms with E-state index in [4.69, 9.17) is 0 Å². The fourth-order valence-corrected chi connectivity index (χ4v) is 4.60. The largest absolute Gasteiger partial charge is 0.287 e. The summed E-state index contributed by atoms with van der Waals surface area (Å²) in [5, 5.41) is 13.9. The molecule has 0 saturated heterocycles. The second-order valence-electron chi connectivity index (χ2n) is 7.02. The molecule has 2 heterocycles. The van der Waals surface area contributed by atoms with Crippen molar-refractivity contribution >= 4 is 11.4 Å². The third kappa shape index (κ3) is 1.95. The number of carbonyl (C=O) groups excluding carboxylic acids is 1. The predicted octanol–water partition coefficient (Wildman–Crippen LogP) is 3.12. The molecule has 2 aromatic rings. The number of rotatable bonds is 3. The first-order valence-corrected chi connectivity index (χ1v) is 8.83. The Morgan fingerprint density at radius 2 is 2.16 bits per heavy atom. The van der Waals surface area contributed by atoms with Crippen molar-refractivity contribution < 1.29 is 4.79 Å². The zero-order valence-corrected chi connectivity index (χ0v) is 13.8. The molecule has 0 bridgehead atoms. The molecule has 0 aliphatic heterocycles. The van der Waals surface area contributed by atoms with Gasteiger partial charge in [-0.15, -0.1) is 0 Å². The van der Waals surface area contributed by atoms with Gasteiger partial charge in [0.15, 0.2) is 0 Å². The van der Waals surface area contributed by atoms with Gasteiger partial charge in [-0.2, -0.15) is 10.4 Å². The minimum Gasteiger partial charge on any atom is -0.287 e. The molecule has 5 rings (SSSR count). The number of fused-ring (bicyclic) bond motifs is 2. The summed E-state index contributed by atoms with van der Waals surface area (Å²) in [4.78, 5) is 21.9. The summed E-state index contributed by atoms with van der Waals surface area (Å²) in [6.07, 6.45) is 10.9. The first-order chi connectivity index (χ1) is 12.3. The van der Waals surface area contributed by atoms with E-state index < -0.39 is 0 Å². The number of allylic oxidation sites excluding steroid dienone is 2. The average molecular weight is 331 g/mol. The van der Waals surface area contributed by atoms with Gasteiger partial charge in [-0.1, -0.05) is 18.9 Å². The fourth-order valence-electron chi connectivity index (χ4n) is 4.60. The quantitative estimate of drug-likeness (QED) is 0.862. The molecule has 6 nitrogen and oxygen atoms in total. The molecule has 3 aliphatic carbocycles. The number of hydrogen-bond acceptors (Lipinski definition) is 5. The third-order valence-corrected chi connectivity index (χ3v) is 5.76. The topological polar surface area (TPSA) is 84.5 Å². The second-order valence-corrected chi connectivity index (χ2v) is 7.02. The molecule has 124 valence electrons. The van der Waals surface area contributed by atoms with Crippen molar-refractivity contribution in [2.75, 3.05) is 0 Å². The molecule has 0 radical (unpaired) electrons. The molecular formula is C19H17N5O. The molecule has 1 atom stereocenters. The molecule has 3 aliphatic rings. The fraction of sp³-hybridized carbons (Fsp3) is 0.421.